The average molecular weight is 252 g/mol. The third-order valence-electron chi connectivity index (χ3n) is 5.26. The molecule has 0 N–H and O–H groups in total. The molecule has 1 heterocycles. The first-order valence-corrected chi connectivity index (χ1v) is 6.66. The van der Waals surface area contributed by atoms with Crippen molar-refractivity contribution < 1.29 is 19.1 Å². The fourth-order valence-corrected chi connectivity index (χ4v) is 4.78. The Balaban J connectivity index is 1.98. The number of hydrogen-bond donors (Lipinski definition) is 0. The van der Waals surface area contributed by atoms with E-state index < -0.39 is 5.41 Å². The van der Waals surface area contributed by atoms with Gasteiger partial charge in [0.1, 0.15) is 0 Å². The number of cyclic esters (lactones) is 1. The van der Waals surface area contributed by atoms with Gasteiger partial charge in [-0.05, 0) is 30.6 Å². The number of methoxy groups -OCH3 is 1. The van der Waals surface area contributed by atoms with Crippen molar-refractivity contribution in [3.05, 3.63) is 0 Å². The molecule has 100 valence electrons. The van der Waals surface area contributed by atoms with E-state index in [1.54, 1.807) is 0 Å². The van der Waals surface area contributed by atoms with Crippen molar-refractivity contribution in [2.45, 2.75) is 33.1 Å². The van der Waals surface area contributed by atoms with Crippen molar-refractivity contribution >= 4 is 11.9 Å². The molecular weight excluding hydrogens is 232 g/mol. The Morgan fingerprint density at radius 3 is 2.83 bits per heavy atom. The zero-order chi connectivity index (χ0) is 13.1. The average Bonchev–Trinajstić information content (AvgIpc) is 2.84. The number of hydrogen-bond acceptors (Lipinski definition) is 4. The van der Waals surface area contributed by atoms with Crippen molar-refractivity contribution in [2.75, 3.05) is 13.7 Å². The molecule has 0 radical (unpaired) electrons. The topological polar surface area (TPSA) is 52.6 Å². The standard InChI is InChI=1S/C14H20O4/c1-13(2)5-8-4-9(11(15)17-3)10-6-18-12(16)14(8,10)7-13/h8-10H,4-7H2,1-3H3/t8-,9+,10+,14-/m1/s1. The van der Waals surface area contributed by atoms with Crippen LogP contribution in [0, 0.1) is 28.6 Å². The molecule has 18 heavy (non-hydrogen) atoms. The lowest BCUT2D eigenvalue weighted by Gasteiger charge is -2.27. The van der Waals surface area contributed by atoms with Crippen LogP contribution in [-0.2, 0) is 19.1 Å². The molecule has 3 rings (SSSR count). The van der Waals surface area contributed by atoms with Gasteiger partial charge in [-0.15, -0.1) is 0 Å². The van der Waals surface area contributed by atoms with Crippen molar-refractivity contribution in [3.8, 4) is 0 Å². The molecule has 4 atom stereocenters. The van der Waals surface area contributed by atoms with Gasteiger partial charge in [0.15, 0.2) is 0 Å². The van der Waals surface area contributed by atoms with E-state index in [9.17, 15) is 9.59 Å². The molecule has 0 amide bonds. The van der Waals surface area contributed by atoms with Crippen LogP contribution >= 0.6 is 0 Å². The number of esters is 2. The van der Waals surface area contributed by atoms with Crippen molar-refractivity contribution in [1.29, 1.82) is 0 Å². The lowest BCUT2D eigenvalue weighted by Crippen LogP contribution is -2.35. The van der Waals surface area contributed by atoms with Gasteiger partial charge in [-0.1, -0.05) is 13.8 Å². The van der Waals surface area contributed by atoms with E-state index in [0.29, 0.717) is 6.61 Å². The molecule has 3 aliphatic rings. The zero-order valence-corrected chi connectivity index (χ0v) is 11.2. The SMILES string of the molecule is COC(=O)[C@H]1C[C@@H]2CC(C)(C)C[C@@]23C(=O)OC[C@@H]13. The fourth-order valence-electron chi connectivity index (χ4n) is 4.78. The van der Waals surface area contributed by atoms with Gasteiger partial charge >= 0.3 is 11.9 Å². The first kappa shape index (κ1) is 12.0. The van der Waals surface area contributed by atoms with E-state index in [2.05, 4.69) is 13.8 Å². The molecule has 2 saturated carbocycles. The summed E-state index contributed by atoms with van der Waals surface area (Å²) >= 11 is 0. The lowest BCUT2D eigenvalue weighted by atomic mass is 9.72. The van der Waals surface area contributed by atoms with E-state index in [0.717, 1.165) is 19.3 Å². The molecule has 4 nitrogen and oxygen atoms in total. The van der Waals surface area contributed by atoms with Crippen LogP contribution in [0.4, 0.5) is 0 Å². The molecular formula is C14H20O4. The molecule has 0 aromatic rings. The minimum atomic E-state index is -0.400. The molecule has 1 aliphatic heterocycles. The molecule has 0 aromatic heterocycles. The summed E-state index contributed by atoms with van der Waals surface area (Å²) in [5, 5.41) is 0. The second-order valence-corrected chi connectivity index (χ2v) is 6.85. The van der Waals surface area contributed by atoms with Crippen LogP contribution in [0.3, 0.4) is 0 Å². The second-order valence-electron chi connectivity index (χ2n) is 6.85. The Bertz CT molecular complexity index is 414. The molecule has 1 saturated heterocycles. The minimum Gasteiger partial charge on any atom is -0.469 e. The molecule has 0 bridgehead atoms. The summed E-state index contributed by atoms with van der Waals surface area (Å²) in [5.41, 5.74) is -0.226. The maximum Gasteiger partial charge on any atom is 0.312 e. The van der Waals surface area contributed by atoms with Gasteiger partial charge in [-0.25, -0.2) is 0 Å². The normalized spacial score (nSPS) is 44.4. The van der Waals surface area contributed by atoms with Gasteiger partial charge in [0, 0.05) is 5.92 Å². The summed E-state index contributed by atoms with van der Waals surface area (Å²) in [5.74, 6) is -0.0808. The first-order valence-electron chi connectivity index (χ1n) is 6.66. The van der Waals surface area contributed by atoms with Crippen molar-refractivity contribution in [2.24, 2.45) is 28.6 Å². The fraction of sp³-hybridized carbons (Fsp3) is 0.857. The van der Waals surface area contributed by atoms with Gasteiger partial charge in [-0.3, -0.25) is 9.59 Å². The summed E-state index contributed by atoms with van der Waals surface area (Å²) < 4.78 is 10.2. The predicted octanol–water partition coefficient (Wildman–Crippen LogP) is 1.77. The molecule has 1 spiro atoms. The molecule has 3 fully saturated rings. The van der Waals surface area contributed by atoms with Crippen LogP contribution in [0.2, 0.25) is 0 Å². The molecule has 0 unspecified atom stereocenters. The van der Waals surface area contributed by atoms with Gasteiger partial charge in [0.2, 0.25) is 0 Å². The monoisotopic (exact) mass is 252 g/mol. The lowest BCUT2D eigenvalue weighted by molar-refractivity contribution is -0.148. The van der Waals surface area contributed by atoms with Crippen LogP contribution in [0.1, 0.15) is 33.1 Å². The van der Waals surface area contributed by atoms with E-state index in [-0.39, 0.29) is 35.1 Å². The highest BCUT2D eigenvalue weighted by atomic mass is 16.5. The van der Waals surface area contributed by atoms with Crippen LogP contribution in [0.5, 0.6) is 0 Å². The Morgan fingerprint density at radius 1 is 1.44 bits per heavy atom. The smallest absolute Gasteiger partial charge is 0.312 e. The highest BCUT2D eigenvalue weighted by Crippen LogP contribution is 2.67. The summed E-state index contributed by atoms with van der Waals surface area (Å²) in [6, 6.07) is 0. The Kier molecular flexibility index (Phi) is 2.32. The summed E-state index contributed by atoms with van der Waals surface area (Å²) in [4.78, 5) is 24.1. The van der Waals surface area contributed by atoms with Crippen molar-refractivity contribution in [3.63, 3.8) is 0 Å². The van der Waals surface area contributed by atoms with E-state index in [1.807, 2.05) is 0 Å². The maximum absolute atomic E-state index is 12.2. The van der Waals surface area contributed by atoms with Crippen LogP contribution < -0.4 is 0 Å². The highest BCUT2D eigenvalue weighted by Gasteiger charge is 2.70. The molecule has 0 aromatic carbocycles. The first-order chi connectivity index (χ1) is 8.40. The van der Waals surface area contributed by atoms with E-state index in [4.69, 9.17) is 9.47 Å². The zero-order valence-electron chi connectivity index (χ0n) is 11.2. The molecule has 2 aliphatic carbocycles. The number of rotatable bonds is 1. The highest BCUT2D eigenvalue weighted by molar-refractivity contribution is 5.84. The maximum atomic E-state index is 12.2. The summed E-state index contributed by atoms with van der Waals surface area (Å²) in [6.45, 7) is 4.80. The Hall–Kier alpha value is -1.06. The van der Waals surface area contributed by atoms with Crippen LogP contribution in [-0.4, -0.2) is 25.7 Å². The summed E-state index contributed by atoms with van der Waals surface area (Å²) in [7, 11) is 1.42. The molecule has 4 heteroatoms. The predicted molar refractivity (Wildman–Crippen MR) is 63.5 cm³/mol. The van der Waals surface area contributed by atoms with Gasteiger partial charge < -0.3 is 9.47 Å². The largest absolute Gasteiger partial charge is 0.469 e. The second kappa shape index (κ2) is 3.49. The third-order valence-corrected chi connectivity index (χ3v) is 5.26. The summed E-state index contributed by atoms with van der Waals surface area (Å²) in [6.07, 6.45) is 2.64. The van der Waals surface area contributed by atoms with Crippen molar-refractivity contribution in [1.82, 2.24) is 0 Å². The van der Waals surface area contributed by atoms with Gasteiger partial charge in [-0.2, -0.15) is 0 Å². The minimum absolute atomic E-state index is 0.0317. The van der Waals surface area contributed by atoms with Crippen LogP contribution in [0.15, 0.2) is 0 Å². The Labute approximate surface area is 107 Å². The third kappa shape index (κ3) is 1.32. The van der Waals surface area contributed by atoms with Gasteiger partial charge in [0.25, 0.3) is 0 Å². The van der Waals surface area contributed by atoms with Crippen LogP contribution in [0.25, 0.3) is 0 Å². The van der Waals surface area contributed by atoms with E-state index >= 15 is 0 Å². The Morgan fingerprint density at radius 2 is 2.17 bits per heavy atom. The quantitative estimate of drug-likeness (QED) is 0.667. The van der Waals surface area contributed by atoms with Gasteiger partial charge in [0.05, 0.1) is 25.0 Å². The number of carbonyl (C=O) groups excluding carboxylic acids is 2. The number of carbonyl (C=O) groups is 2. The van der Waals surface area contributed by atoms with E-state index in [1.165, 1.54) is 7.11 Å². The number of ether oxygens (including phenoxy) is 2.